The van der Waals surface area contributed by atoms with E-state index in [2.05, 4.69) is 49.7 Å². The van der Waals surface area contributed by atoms with Crippen LogP contribution in [0.25, 0.3) is 0 Å². The third-order valence-corrected chi connectivity index (χ3v) is 3.46. The minimum Gasteiger partial charge on any atom is -0.360 e. The first kappa shape index (κ1) is 13.7. The maximum Gasteiger partial charge on any atom is 0.240 e. The van der Waals surface area contributed by atoms with E-state index >= 15 is 0 Å². The first-order valence-corrected chi connectivity index (χ1v) is 6.65. The highest BCUT2D eigenvalue weighted by Gasteiger charge is 2.35. The SMILES string of the molecule is C=C1C(C(C)(C)C)NC(=O)CN1Cc1ccccc1. The molecule has 1 N–H and O–H groups in total. The van der Waals surface area contributed by atoms with E-state index in [4.69, 9.17) is 0 Å². The Kier molecular flexibility index (Phi) is 3.65. The molecule has 19 heavy (non-hydrogen) atoms. The van der Waals surface area contributed by atoms with Gasteiger partial charge in [-0.1, -0.05) is 57.7 Å². The second kappa shape index (κ2) is 5.08. The average Bonchev–Trinajstić information content (AvgIpc) is 2.33. The molecule has 2 rings (SSSR count). The Morgan fingerprint density at radius 2 is 1.95 bits per heavy atom. The molecule has 0 aromatic heterocycles. The van der Waals surface area contributed by atoms with E-state index in [9.17, 15) is 4.79 Å². The number of nitrogens with zero attached hydrogens (tertiary/aromatic N) is 1. The van der Waals surface area contributed by atoms with E-state index in [1.807, 2.05) is 18.2 Å². The maximum atomic E-state index is 11.9. The Bertz CT molecular complexity index is 473. The predicted octanol–water partition coefficient (Wildman–Crippen LogP) is 2.55. The predicted molar refractivity (Wildman–Crippen MR) is 77.4 cm³/mol. The second-order valence-corrected chi connectivity index (χ2v) is 6.20. The van der Waals surface area contributed by atoms with Gasteiger partial charge in [0.2, 0.25) is 5.91 Å². The van der Waals surface area contributed by atoms with Crippen molar-refractivity contribution in [1.82, 2.24) is 10.2 Å². The van der Waals surface area contributed by atoms with Crippen molar-refractivity contribution in [3.8, 4) is 0 Å². The van der Waals surface area contributed by atoms with Gasteiger partial charge in [0, 0.05) is 12.2 Å². The van der Waals surface area contributed by atoms with Gasteiger partial charge >= 0.3 is 0 Å². The summed E-state index contributed by atoms with van der Waals surface area (Å²) in [7, 11) is 0. The van der Waals surface area contributed by atoms with Gasteiger partial charge < -0.3 is 10.2 Å². The van der Waals surface area contributed by atoms with Gasteiger partial charge in [-0.05, 0) is 11.0 Å². The molecule has 0 radical (unpaired) electrons. The number of benzene rings is 1. The summed E-state index contributed by atoms with van der Waals surface area (Å²) < 4.78 is 0. The molecule has 0 spiro atoms. The summed E-state index contributed by atoms with van der Waals surface area (Å²) in [5.41, 5.74) is 2.17. The number of carbonyl (C=O) groups excluding carboxylic acids is 1. The van der Waals surface area contributed by atoms with Gasteiger partial charge in [-0.2, -0.15) is 0 Å². The van der Waals surface area contributed by atoms with Crippen LogP contribution in [-0.4, -0.2) is 23.4 Å². The zero-order chi connectivity index (χ0) is 14.0. The molecule has 1 aliphatic rings. The third kappa shape index (κ3) is 3.16. The molecule has 1 aromatic carbocycles. The van der Waals surface area contributed by atoms with Crippen molar-refractivity contribution in [1.29, 1.82) is 0 Å². The summed E-state index contributed by atoms with van der Waals surface area (Å²) in [4.78, 5) is 13.9. The molecule has 3 nitrogen and oxygen atoms in total. The van der Waals surface area contributed by atoms with Gasteiger partial charge in [0.25, 0.3) is 0 Å². The van der Waals surface area contributed by atoms with E-state index < -0.39 is 0 Å². The number of rotatable bonds is 2. The van der Waals surface area contributed by atoms with Gasteiger partial charge in [0.1, 0.15) is 0 Å². The van der Waals surface area contributed by atoms with Crippen molar-refractivity contribution in [2.75, 3.05) is 6.54 Å². The average molecular weight is 258 g/mol. The van der Waals surface area contributed by atoms with Crippen LogP contribution in [0.2, 0.25) is 0 Å². The number of amides is 1. The molecular weight excluding hydrogens is 236 g/mol. The Morgan fingerprint density at radius 1 is 1.32 bits per heavy atom. The largest absolute Gasteiger partial charge is 0.360 e. The van der Waals surface area contributed by atoms with Crippen LogP contribution in [0.5, 0.6) is 0 Å². The van der Waals surface area contributed by atoms with Crippen LogP contribution < -0.4 is 5.32 Å². The third-order valence-electron chi connectivity index (χ3n) is 3.46. The summed E-state index contributed by atoms with van der Waals surface area (Å²) in [6, 6.07) is 10.2. The number of piperazine rings is 1. The molecule has 1 unspecified atom stereocenters. The summed E-state index contributed by atoms with van der Waals surface area (Å²) in [6.45, 7) is 11.7. The van der Waals surface area contributed by atoms with E-state index in [1.54, 1.807) is 0 Å². The molecule has 1 aliphatic heterocycles. The summed E-state index contributed by atoms with van der Waals surface area (Å²) in [5.74, 6) is 0.0725. The number of hydrogen-bond donors (Lipinski definition) is 1. The van der Waals surface area contributed by atoms with Crippen molar-refractivity contribution in [3.63, 3.8) is 0 Å². The highest BCUT2D eigenvalue weighted by Crippen LogP contribution is 2.29. The minimum atomic E-state index is -0.0257. The van der Waals surface area contributed by atoms with E-state index in [1.165, 1.54) is 5.56 Å². The number of carbonyl (C=O) groups is 1. The molecule has 1 amide bonds. The van der Waals surface area contributed by atoms with Gasteiger partial charge in [-0.3, -0.25) is 4.79 Å². The van der Waals surface area contributed by atoms with Gasteiger partial charge in [-0.25, -0.2) is 0 Å². The van der Waals surface area contributed by atoms with Crippen LogP contribution in [0.4, 0.5) is 0 Å². The monoisotopic (exact) mass is 258 g/mol. The van der Waals surface area contributed by atoms with Crippen molar-refractivity contribution in [3.05, 3.63) is 48.2 Å². The molecule has 0 saturated carbocycles. The lowest BCUT2D eigenvalue weighted by molar-refractivity contribution is -0.125. The molecule has 0 bridgehead atoms. The van der Waals surface area contributed by atoms with E-state index in [0.29, 0.717) is 6.54 Å². The summed E-state index contributed by atoms with van der Waals surface area (Å²) in [6.07, 6.45) is 0. The van der Waals surface area contributed by atoms with Crippen molar-refractivity contribution < 1.29 is 4.79 Å². The second-order valence-electron chi connectivity index (χ2n) is 6.20. The summed E-state index contributed by atoms with van der Waals surface area (Å²) in [5, 5.41) is 3.04. The lowest BCUT2D eigenvalue weighted by Gasteiger charge is -2.42. The van der Waals surface area contributed by atoms with Crippen LogP contribution in [-0.2, 0) is 11.3 Å². The first-order valence-electron chi connectivity index (χ1n) is 6.65. The Labute approximate surface area is 115 Å². The molecule has 0 aliphatic carbocycles. The summed E-state index contributed by atoms with van der Waals surface area (Å²) >= 11 is 0. The fourth-order valence-corrected chi connectivity index (χ4v) is 2.43. The van der Waals surface area contributed by atoms with Crippen LogP contribution in [0, 0.1) is 5.41 Å². The highest BCUT2D eigenvalue weighted by molar-refractivity contribution is 5.80. The molecule has 3 heteroatoms. The molecule has 1 aromatic rings. The fraction of sp³-hybridized carbons (Fsp3) is 0.438. The topological polar surface area (TPSA) is 32.3 Å². The molecule has 1 heterocycles. The first-order chi connectivity index (χ1) is 8.88. The van der Waals surface area contributed by atoms with Crippen LogP contribution in [0.1, 0.15) is 26.3 Å². The Morgan fingerprint density at radius 3 is 2.53 bits per heavy atom. The van der Waals surface area contributed by atoms with Gasteiger partial charge in [-0.15, -0.1) is 0 Å². The van der Waals surface area contributed by atoms with Crippen LogP contribution in [0.15, 0.2) is 42.6 Å². The lowest BCUT2D eigenvalue weighted by atomic mass is 9.83. The molecule has 102 valence electrons. The lowest BCUT2D eigenvalue weighted by Crippen LogP contribution is -2.56. The normalized spacial score (nSPS) is 20.4. The molecular formula is C16H22N2O. The van der Waals surface area contributed by atoms with Crippen molar-refractivity contribution in [2.24, 2.45) is 5.41 Å². The number of hydrogen-bond acceptors (Lipinski definition) is 2. The Hall–Kier alpha value is -1.77. The smallest absolute Gasteiger partial charge is 0.240 e. The zero-order valence-corrected chi connectivity index (χ0v) is 11.9. The van der Waals surface area contributed by atoms with E-state index in [0.717, 1.165) is 12.2 Å². The minimum absolute atomic E-state index is 0.00235. The van der Waals surface area contributed by atoms with E-state index in [-0.39, 0.29) is 17.4 Å². The van der Waals surface area contributed by atoms with Crippen LogP contribution >= 0.6 is 0 Å². The maximum absolute atomic E-state index is 11.9. The van der Waals surface area contributed by atoms with Gasteiger partial charge in [0.05, 0.1) is 12.6 Å². The molecule has 1 atom stereocenters. The standard InChI is InChI=1S/C16H22N2O/c1-12-15(16(2,3)4)17-14(19)11-18(12)10-13-8-6-5-7-9-13/h5-9,15H,1,10-11H2,2-4H3,(H,17,19). The Balaban J connectivity index is 2.16. The highest BCUT2D eigenvalue weighted by atomic mass is 16.2. The quantitative estimate of drug-likeness (QED) is 0.884. The van der Waals surface area contributed by atoms with Crippen molar-refractivity contribution in [2.45, 2.75) is 33.4 Å². The molecule has 1 saturated heterocycles. The van der Waals surface area contributed by atoms with Crippen molar-refractivity contribution >= 4 is 5.91 Å². The fourth-order valence-electron chi connectivity index (χ4n) is 2.43. The zero-order valence-electron chi connectivity index (χ0n) is 11.9. The van der Waals surface area contributed by atoms with Crippen LogP contribution in [0.3, 0.4) is 0 Å². The number of nitrogens with one attached hydrogen (secondary N) is 1. The van der Waals surface area contributed by atoms with Gasteiger partial charge in [0.15, 0.2) is 0 Å². The molecule has 1 fully saturated rings.